The van der Waals surface area contributed by atoms with E-state index in [2.05, 4.69) is 0 Å². The minimum atomic E-state index is -4.07. The maximum atomic E-state index is 13.6. The van der Waals surface area contributed by atoms with Gasteiger partial charge in [-0.3, -0.25) is 9.69 Å². The van der Waals surface area contributed by atoms with E-state index in [1.54, 1.807) is 41.3 Å². The zero-order chi connectivity index (χ0) is 27.4. The molecule has 4 aromatic rings. The Hall–Kier alpha value is -3.61. The first-order chi connectivity index (χ1) is 18.9. The molecule has 1 heterocycles. The maximum absolute atomic E-state index is 13.6. The van der Waals surface area contributed by atoms with Gasteiger partial charge in [0.15, 0.2) is 16.7 Å². The summed E-state index contributed by atoms with van der Waals surface area (Å²) in [5.74, 6) is 0.0791. The average molecular weight is 669 g/mol. The number of methoxy groups -OCH3 is 1. The number of amidine groups is 1. The molecule has 5 rings (SSSR count). The van der Waals surface area contributed by atoms with Gasteiger partial charge in [-0.15, -0.1) is 0 Å². The third-order valence-corrected chi connectivity index (χ3v) is 8.58. The Morgan fingerprint density at radius 1 is 0.897 bits per heavy atom. The molecule has 0 saturated carbocycles. The van der Waals surface area contributed by atoms with Crippen molar-refractivity contribution in [1.82, 2.24) is 0 Å². The monoisotopic (exact) mass is 668 g/mol. The van der Waals surface area contributed by atoms with Crippen molar-refractivity contribution < 1.29 is 22.1 Å². The number of benzene rings is 4. The number of carbonyl (C=O) groups excluding carboxylic acids is 1. The largest absolute Gasteiger partial charge is 0.493 e. The Labute approximate surface area is 244 Å². The quantitative estimate of drug-likeness (QED) is 0.121. The van der Waals surface area contributed by atoms with Crippen molar-refractivity contribution >= 4 is 73.0 Å². The molecule has 4 aromatic carbocycles. The minimum absolute atomic E-state index is 0.0354. The smallest absolute Gasteiger partial charge is 0.339 e. The summed E-state index contributed by atoms with van der Waals surface area (Å²) in [6.07, 6.45) is 1.73. The number of aliphatic imine (C=N–C) groups is 1. The van der Waals surface area contributed by atoms with E-state index < -0.39 is 10.1 Å². The Kier molecular flexibility index (Phi) is 8.05. The average Bonchev–Trinajstić information content (AvgIpc) is 3.25. The van der Waals surface area contributed by atoms with Gasteiger partial charge in [-0.05, 0) is 94.5 Å². The lowest BCUT2D eigenvalue weighted by Gasteiger charge is -2.15. The van der Waals surface area contributed by atoms with Crippen LogP contribution in [0.2, 0.25) is 0 Å². The van der Waals surface area contributed by atoms with Gasteiger partial charge in [-0.1, -0.05) is 54.6 Å². The normalized spacial score (nSPS) is 15.6. The van der Waals surface area contributed by atoms with Crippen molar-refractivity contribution in [3.63, 3.8) is 0 Å². The SMILES string of the molecule is COc1cc(/C=C2/SC(=Nc3ccccc3)N(c3ccccc3)C2=O)cc(I)c1OS(=O)(=O)c1ccccc1. The van der Waals surface area contributed by atoms with Crippen molar-refractivity contribution in [2.75, 3.05) is 12.0 Å². The van der Waals surface area contributed by atoms with Crippen LogP contribution in [-0.2, 0) is 14.9 Å². The zero-order valence-corrected chi connectivity index (χ0v) is 24.3. The molecule has 0 atom stereocenters. The van der Waals surface area contributed by atoms with Gasteiger partial charge in [-0.25, -0.2) is 4.99 Å². The van der Waals surface area contributed by atoms with Crippen molar-refractivity contribution in [2.45, 2.75) is 4.90 Å². The van der Waals surface area contributed by atoms with E-state index >= 15 is 0 Å². The van der Waals surface area contributed by atoms with E-state index in [4.69, 9.17) is 13.9 Å². The lowest BCUT2D eigenvalue weighted by Crippen LogP contribution is -2.28. The van der Waals surface area contributed by atoms with Crippen LogP contribution in [0.15, 0.2) is 118 Å². The van der Waals surface area contributed by atoms with E-state index in [0.29, 0.717) is 24.9 Å². The number of thioether (sulfide) groups is 1. The molecule has 196 valence electrons. The molecular weight excluding hydrogens is 647 g/mol. The molecule has 0 radical (unpaired) electrons. The fraction of sp³-hybridized carbons (Fsp3) is 0.0345. The summed E-state index contributed by atoms with van der Waals surface area (Å²) >= 11 is 3.25. The highest BCUT2D eigenvalue weighted by molar-refractivity contribution is 14.1. The number of hydrogen-bond donors (Lipinski definition) is 0. The molecule has 10 heteroatoms. The lowest BCUT2D eigenvalue weighted by molar-refractivity contribution is -0.113. The number of rotatable bonds is 7. The van der Waals surface area contributed by atoms with Crippen molar-refractivity contribution in [2.24, 2.45) is 4.99 Å². The molecule has 39 heavy (non-hydrogen) atoms. The maximum Gasteiger partial charge on any atom is 0.339 e. The summed E-state index contributed by atoms with van der Waals surface area (Å²) in [5, 5.41) is 0.527. The highest BCUT2D eigenvalue weighted by atomic mass is 127. The fourth-order valence-corrected chi connectivity index (χ4v) is 6.63. The first kappa shape index (κ1) is 27.0. The van der Waals surface area contributed by atoms with E-state index in [1.807, 2.05) is 83.3 Å². The first-order valence-corrected chi connectivity index (χ1v) is 15.0. The van der Waals surface area contributed by atoms with Crippen molar-refractivity contribution in [1.29, 1.82) is 0 Å². The van der Waals surface area contributed by atoms with Gasteiger partial charge >= 0.3 is 10.1 Å². The molecule has 1 aliphatic rings. The number of nitrogens with zero attached hydrogens (tertiary/aromatic N) is 2. The molecule has 1 saturated heterocycles. The van der Waals surface area contributed by atoms with Crippen molar-refractivity contribution in [3.05, 3.63) is 117 Å². The molecule has 1 fully saturated rings. The van der Waals surface area contributed by atoms with E-state index in [1.165, 1.54) is 31.0 Å². The fourth-order valence-electron chi connectivity index (χ4n) is 3.77. The number of halogens is 1. The van der Waals surface area contributed by atoms with Crippen LogP contribution in [-0.4, -0.2) is 26.6 Å². The van der Waals surface area contributed by atoms with Crippen LogP contribution in [0.5, 0.6) is 11.5 Å². The molecule has 1 amide bonds. The Balaban J connectivity index is 1.51. The number of ether oxygens (including phenoxy) is 1. The number of hydrogen-bond acceptors (Lipinski definition) is 7. The number of amides is 1. The molecule has 1 aliphatic heterocycles. The Bertz CT molecular complexity index is 1680. The topological polar surface area (TPSA) is 85.3 Å². The van der Waals surface area contributed by atoms with Crippen molar-refractivity contribution in [3.8, 4) is 11.5 Å². The van der Waals surface area contributed by atoms with Gasteiger partial charge in [0.2, 0.25) is 0 Å². The summed E-state index contributed by atoms with van der Waals surface area (Å²) in [6.45, 7) is 0. The molecular formula is C29H21IN2O5S2. The van der Waals surface area contributed by atoms with Gasteiger partial charge in [0.05, 0.1) is 27.0 Å². The van der Waals surface area contributed by atoms with E-state index in [-0.39, 0.29) is 22.3 Å². The molecule has 7 nitrogen and oxygen atoms in total. The standard InChI is InChI=1S/C29H21IN2O5S2/c1-36-25-18-20(17-24(30)27(25)37-39(34,35)23-15-9-4-10-16-23)19-26-28(33)32(22-13-7-3-8-14-22)29(38-26)31-21-11-5-2-6-12-21/h2-19H,1H3/b26-19+,31-29?. The van der Waals surface area contributed by atoms with Gasteiger partial charge in [0.25, 0.3) is 5.91 Å². The molecule has 0 aromatic heterocycles. The van der Waals surface area contributed by atoms with Crippen LogP contribution in [0.3, 0.4) is 0 Å². The van der Waals surface area contributed by atoms with E-state index in [9.17, 15) is 13.2 Å². The highest BCUT2D eigenvalue weighted by Gasteiger charge is 2.35. The summed E-state index contributed by atoms with van der Waals surface area (Å²) in [4.78, 5) is 20.4. The summed E-state index contributed by atoms with van der Waals surface area (Å²) in [5.41, 5.74) is 2.08. The third kappa shape index (κ3) is 6.02. The number of carbonyl (C=O) groups is 1. The zero-order valence-electron chi connectivity index (χ0n) is 20.5. The molecule has 0 unspecified atom stereocenters. The Morgan fingerprint density at radius 3 is 2.15 bits per heavy atom. The van der Waals surface area contributed by atoms with Crippen LogP contribution in [0.4, 0.5) is 11.4 Å². The van der Waals surface area contributed by atoms with Gasteiger partial charge in [0.1, 0.15) is 4.90 Å². The van der Waals surface area contributed by atoms with Gasteiger partial charge < -0.3 is 8.92 Å². The molecule has 0 spiro atoms. The highest BCUT2D eigenvalue weighted by Crippen LogP contribution is 2.40. The summed E-state index contributed by atoms with van der Waals surface area (Å²) < 4.78 is 37.1. The number of anilines is 1. The predicted octanol–water partition coefficient (Wildman–Crippen LogP) is 6.88. The second kappa shape index (κ2) is 11.6. The molecule has 0 N–H and O–H groups in total. The lowest BCUT2D eigenvalue weighted by atomic mass is 10.2. The van der Waals surface area contributed by atoms with Crippen LogP contribution in [0.1, 0.15) is 5.56 Å². The first-order valence-electron chi connectivity index (χ1n) is 11.7. The summed E-state index contributed by atoms with van der Waals surface area (Å²) in [6, 6.07) is 30.0. The summed E-state index contributed by atoms with van der Waals surface area (Å²) in [7, 11) is -2.64. The third-order valence-electron chi connectivity index (χ3n) is 5.58. The second-order valence-corrected chi connectivity index (χ2v) is 11.9. The van der Waals surface area contributed by atoms with Crippen LogP contribution in [0, 0.1) is 3.57 Å². The Morgan fingerprint density at radius 2 is 1.51 bits per heavy atom. The minimum Gasteiger partial charge on any atom is -0.493 e. The van der Waals surface area contributed by atoms with Gasteiger partial charge in [0, 0.05) is 0 Å². The molecule has 0 bridgehead atoms. The van der Waals surface area contributed by atoms with E-state index in [0.717, 1.165) is 5.69 Å². The predicted molar refractivity (Wildman–Crippen MR) is 163 cm³/mol. The second-order valence-electron chi connectivity index (χ2n) is 8.20. The molecule has 0 aliphatic carbocycles. The van der Waals surface area contributed by atoms with Gasteiger partial charge in [-0.2, -0.15) is 8.42 Å². The van der Waals surface area contributed by atoms with Crippen LogP contribution >= 0.6 is 34.4 Å². The van der Waals surface area contributed by atoms with Crippen LogP contribution in [0.25, 0.3) is 6.08 Å². The van der Waals surface area contributed by atoms with Crippen LogP contribution < -0.4 is 13.8 Å². The number of para-hydroxylation sites is 2.